The van der Waals surface area contributed by atoms with Crippen molar-refractivity contribution in [3.8, 4) is 22.5 Å². The lowest BCUT2D eigenvalue weighted by Crippen LogP contribution is -2.22. The molecular formula is C27H36FN5O2S. The lowest BCUT2D eigenvalue weighted by atomic mass is 10.0. The summed E-state index contributed by atoms with van der Waals surface area (Å²) >= 11 is 1.48. The molecule has 194 valence electrons. The standard InChI is InChI=1S/C27H36FN5O2S/c1-18(2)19(3)31-23-17-21(12-14-30-23)26-25(20-8-10-22(28)11-9-20)32-27(33-26)36-16-15-35-24(34)7-5-6-13-29-4/h8-12,14,17-19,29H,5-7,13,15-16H2,1-4H3,(H,30,31)(H,32,33). The molecule has 36 heavy (non-hydrogen) atoms. The fourth-order valence-electron chi connectivity index (χ4n) is 3.45. The van der Waals surface area contributed by atoms with E-state index in [1.54, 1.807) is 18.3 Å². The summed E-state index contributed by atoms with van der Waals surface area (Å²) in [4.78, 5) is 24.6. The summed E-state index contributed by atoms with van der Waals surface area (Å²) in [6, 6.07) is 10.5. The van der Waals surface area contributed by atoms with Crippen LogP contribution >= 0.6 is 11.8 Å². The fraction of sp³-hybridized carbons (Fsp3) is 0.444. The van der Waals surface area contributed by atoms with Gasteiger partial charge in [-0.2, -0.15) is 0 Å². The van der Waals surface area contributed by atoms with E-state index >= 15 is 0 Å². The molecule has 7 nitrogen and oxygen atoms in total. The minimum absolute atomic E-state index is 0.175. The van der Waals surface area contributed by atoms with E-state index in [-0.39, 0.29) is 17.8 Å². The third-order valence-corrected chi connectivity index (χ3v) is 6.70. The van der Waals surface area contributed by atoms with Gasteiger partial charge in [0.05, 0.1) is 11.4 Å². The van der Waals surface area contributed by atoms with E-state index < -0.39 is 0 Å². The van der Waals surface area contributed by atoms with Gasteiger partial charge in [-0.3, -0.25) is 4.79 Å². The van der Waals surface area contributed by atoms with E-state index in [1.165, 1.54) is 23.9 Å². The van der Waals surface area contributed by atoms with Gasteiger partial charge in [0.1, 0.15) is 18.2 Å². The molecule has 2 aromatic heterocycles. The number of thioether (sulfide) groups is 1. The Kier molecular flexibility index (Phi) is 10.8. The number of pyridine rings is 1. The number of nitrogens with one attached hydrogen (secondary N) is 3. The Hall–Kier alpha value is -2.91. The van der Waals surface area contributed by atoms with Gasteiger partial charge in [-0.1, -0.05) is 25.6 Å². The number of hydrogen-bond acceptors (Lipinski definition) is 7. The monoisotopic (exact) mass is 513 g/mol. The molecule has 0 spiro atoms. The van der Waals surface area contributed by atoms with Crippen LogP contribution in [-0.2, 0) is 9.53 Å². The molecule has 0 saturated carbocycles. The molecule has 0 radical (unpaired) electrons. The van der Waals surface area contributed by atoms with Crippen molar-refractivity contribution in [2.24, 2.45) is 5.92 Å². The third kappa shape index (κ3) is 8.34. The first-order chi connectivity index (χ1) is 17.4. The second kappa shape index (κ2) is 14.0. The Balaban J connectivity index is 1.72. The molecule has 0 saturated heterocycles. The summed E-state index contributed by atoms with van der Waals surface area (Å²) in [6.45, 7) is 7.65. The highest BCUT2D eigenvalue weighted by Gasteiger charge is 2.16. The molecule has 1 atom stereocenters. The van der Waals surface area contributed by atoms with Gasteiger partial charge in [0, 0.05) is 35.5 Å². The maximum atomic E-state index is 13.6. The van der Waals surface area contributed by atoms with Crippen LogP contribution in [0.1, 0.15) is 40.0 Å². The zero-order valence-electron chi connectivity index (χ0n) is 21.4. The van der Waals surface area contributed by atoms with Gasteiger partial charge in [0.15, 0.2) is 5.16 Å². The number of benzene rings is 1. The van der Waals surface area contributed by atoms with Gasteiger partial charge >= 0.3 is 5.97 Å². The highest BCUT2D eigenvalue weighted by Crippen LogP contribution is 2.33. The molecule has 1 unspecified atom stereocenters. The largest absolute Gasteiger partial charge is 0.465 e. The van der Waals surface area contributed by atoms with Gasteiger partial charge < -0.3 is 20.4 Å². The van der Waals surface area contributed by atoms with E-state index in [0.29, 0.717) is 29.9 Å². The maximum Gasteiger partial charge on any atom is 0.305 e. The van der Waals surface area contributed by atoms with Crippen LogP contribution in [0.2, 0.25) is 0 Å². The molecule has 0 bridgehead atoms. The molecule has 2 heterocycles. The van der Waals surface area contributed by atoms with Crippen molar-refractivity contribution in [3.63, 3.8) is 0 Å². The first kappa shape index (κ1) is 27.7. The molecule has 0 aliphatic rings. The summed E-state index contributed by atoms with van der Waals surface area (Å²) in [5, 5.41) is 7.22. The highest BCUT2D eigenvalue weighted by atomic mass is 32.2. The van der Waals surface area contributed by atoms with E-state index in [4.69, 9.17) is 9.72 Å². The quantitative estimate of drug-likeness (QED) is 0.143. The van der Waals surface area contributed by atoms with Crippen LogP contribution in [0.25, 0.3) is 22.5 Å². The number of carbonyl (C=O) groups excluding carboxylic acids is 1. The lowest BCUT2D eigenvalue weighted by molar-refractivity contribution is -0.143. The van der Waals surface area contributed by atoms with Gasteiger partial charge in [0.25, 0.3) is 0 Å². The first-order valence-corrected chi connectivity index (χ1v) is 13.4. The number of rotatable bonds is 14. The van der Waals surface area contributed by atoms with Crippen LogP contribution in [0, 0.1) is 11.7 Å². The molecule has 3 rings (SSSR count). The van der Waals surface area contributed by atoms with Crippen LogP contribution in [-0.4, -0.2) is 52.9 Å². The van der Waals surface area contributed by atoms with Crippen LogP contribution in [0.15, 0.2) is 47.8 Å². The van der Waals surface area contributed by atoms with Crippen LogP contribution in [0.5, 0.6) is 0 Å². The minimum atomic E-state index is -0.291. The Bertz CT molecular complexity index is 1100. The lowest BCUT2D eigenvalue weighted by Gasteiger charge is -2.18. The number of aromatic amines is 1. The summed E-state index contributed by atoms with van der Waals surface area (Å²) in [5.41, 5.74) is 3.29. The summed E-state index contributed by atoms with van der Waals surface area (Å²) in [6.07, 6.45) is 3.95. The summed E-state index contributed by atoms with van der Waals surface area (Å²) in [5.74, 6) is 1.35. The topological polar surface area (TPSA) is 91.9 Å². The molecule has 3 N–H and O–H groups in total. The van der Waals surface area contributed by atoms with Crippen molar-refractivity contribution >= 4 is 23.5 Å². The van der Waals surface area contributed by atoms with E-state index in [2.05, 4.69) is 41.4 Å². The minimum Gasteiger partial charge on any atom is -0.465 e. The van der Waals surface area contributed by atoms with Gasteiger partial charge in [0.2, 0.25) is 0 Å². The number of hydrogen-bond donors (Lipinski definition) is 3. The SMILES string of the molecule is CNCCCCC(=O)OCCSc1nc(-c2ccnc(NC(C)C(C)C)c2)c(-c2ccc(F)cc2)[nH]1. The smallest absolute Gasteiger partial charge is 0.305 e. The Morgan fingerprint density at radius 2 is 1.92 bits per heavy atom. The van der Waals surface area contributed by atoms with Gasteiger partial charge in [-0.05, 0) is 75.7 Å². The zero-order valence-corrected chi connectivity index (χ0v) is 22.3. The number of halogens is 1. The second-order valence-corrected chi connectivity index (χ2v) is 10.1. The average Bonchev–Trinajstić information content (AvgIpc) is 3.29. The maximum absolute atomic E-state index is 13.6. The predicted molar refractivity (Wildman–Crippen MR) is 145 cm³/mol. The molecule has 0 aliphatic heterocycles. The molecule has 0 aliphatic carbocycles. The Morgan fingerprint density at radius 3 is 2.64 bits per heavy atom. The van der Waals surface area contributed by atoms with Gasteiger partial charge in [-0.15, -0.1) is 0 Å². The van der Waals surface area contributed by atoms with Crippen LogP contribution < -0.4 is 10.6 Å². The number of H-pyrrole nitrogens is 1. The van der Waals surface area contributed by atoms with E-state index in [9.17, 15) is 9.18 Å². The number of aromatic nitrogens is 3. The number of anilines is 1. The zero-order chi connectivity index (χ0) is 25.9. The molecule has 3 aromatic rings. The molecule has 9 heteroatoms. The number of esters is 1. The van der Waals surface area contributed by atoms with Crippen LogP contribution in [0.4, 0.5) is 10.2 Å². The van der Waals surface area contributed by atoms with Crippen molar-refractivity contribution in [1.82, 2.24) is 20.3 Å². The molecule has 1 aromatic carbocycles. The second-order valence-electron chi connectivity index (χ2n) is 9.01. The Labute approximate surface area is 217 Å². The Morgan fingerprint density at radius 1 is 1.14 bits per heavy atom. The average molecular weight is 514 g/mol. The fourth-order valence-corrected chi connectivity index (χ4v) is 4.14. The number of imidazole rings is 1. The molecular weight excluding hydrogens is 477 g/mol. The van der Waals surface area contributed by atoms with Crippen molar-refractivity contribution < 1.29 is 13.9 Å². The summed E-state index contributed by atoms with van der Waals surface area (Å²) in [7, 11) is 1.90. The van der Waals surface area contributed by atoms with E-state index in [1.807, 2.05) is 19.2 Å². The third-order valence-electron chi connectivity index (χ3n) is 5.87. The molecule has 0 amide bonds. The number of nitrogens with zero attached hydrogens (tertiary/aromatic N) is 2. The normalized spacial score (nSPS) is 12.1. The van der Waals surface area contributed by atoms with Crippen molar-refractivity contribution in [2.45, 2.75) is 51.2 Å². The first-order valence-electron chi connectivity index (χ1n) is 12.4. The van der Waals surface area contributed by atoms with E-state index in [0.717, 1.165) is 47.7 Å². The van der Waals surface area contributed by atoms with Gasteiger partial charge in [-0.25, -0.2) is 14.4 Å². The predicted octanol–water partition coefficient (Wildman–Crippen LogP) is 5.76. The van der Waals surface area contributed by atoms with Crippen molar-refractivity contribution in [1.29, 1.82) is 0 Å². The number of carbonyl (C=O) groups is 1. The molecule has 0 fully saturated rings. The van der Waals surface area contributed by atoms with Crippen LogP contribution in [0.3, 0.4) is 0 Å². The summed E-state index contributed by atoms with van der Waals surface area (Å²) < 4.78 is 18.9. The number of unbranched alkanes of at least 4 members (excludes halogenated alkanes) is 1. The van der Waals surface area contributed by atoms with Crippen molar-refractivity contribution in [3.05, 3.63) is 48.4 Å². The number of ether oxygens (including phenoxy) is 1. The highest BCUT2D eigenvalue weighted by molar-refractivity contribution is 7.99. The van der Waals surface area contributed by atoms with Crippen molar-refractivity contribution in [2.75, 3.05) is 31.3 Å².